The van der Waals surface area contributed by atoms with Crippen molar-refractivity contribution < 1.29 is 52.8 Å². The molecule has 0 radical (unpaired) electrons. The Balaban J connectivity index is 1.68. The SMILES string of the molecule is C=C1[C@@H](OC(=O)/C=C/c2ccccc2)C[C@H](OC(C)=O)[C@@]2(C)[C@@H](OC(C)=O)[C@H](O)[C@@]34O[C@]3(C)C(=O)C[C@@H]([C@@H](OC(C)=O)[C@H]12)C4(C)C. The van der Waals surface area contributed by atoms with Crippen LogP contribution in [0.25, 0.3) is 6.08 Å². The van der Waals surface area contributed by atoms with Crippen LogP contribution in [-0.2, 0) is 47.7 Å². The van der Waals surface area contributed by atoms with Gasteiger partial charge in [-0.1, -0.05) is 57.7 Å². The number of epoxide rings is 1. The number of esters is 4. The smallest absolute Gasteiger partial charge is 0.331 e. The van der Waals surface area contributed by atoms with Crippen LogP contribution in [0.15, 0.2) is 48.6 Å². The number of hydrogen-bond acceptors (Lipinski definition) is 11. The number of aliphatic hydroxyl groups is 1. The molecule has 0 unspecified atom stereocenters. The molecule has 4 fully saturated rings. The standard InChI is InChI=1S/C35H42O11/c1-18-24(45-27(40)15-14-22-12-10-9-11-13-22)17-26(42-19(2)36)33(7)28(18)29(43-20(3)37)23-16-25(39)34(8)35(46-34,32(23,5)6)30(41)31(33)44-21(4)38/h9-15,23-24,26,28-31,41H,1,16-17H2,2-8H3/b15-14+/t23-,24-,26-,28-,29+,30-,31-,33+,34+,35-/m0/s1. The van der Waals surface area contributed by atoms with Crippen molar-refractivity contribution in [1.82, 2.24) is 0 Å². The third-order valence-corrected chi connectivity index (χ3v) is 10.9. The van der Waals surface area contributed by atoms with Gasteiger partial charge in [0, 0.05) is 56.9 Å². The summed E-state index contributed by atoms with van der Waals surface area (Å²) in [6, 6.07) is 9.14. The van der Waals surface area contributed by atoms with E-state index in [1.54, 1.807) is 19.9 Å². The minimum Gasteiger partial charge on any atom is -0.462 e. The van der Waals surface area contributed by atoms with Crippen molar-refractivity contribution in [3.05, 3.63) is 54.1 Å². The Morgan fingerprint density at radius 2 is 1.54 bits per heavy atom. The zero-order chi connectivity index (χ0) is 34.0. The molecule has 1 heterocycles. The van der Waals surface area contributed by atoms with Crippen LogP contribution in [-0.4, -0.2) is 76.5 Å². The first kappa shape index (κ1) is 33.5. The van der Waals surface area contributed by atoms with Gasteiger partial charge in [-0.2, -0.15) is 0 Å². The summed E-state index contributed by atoms with van der Waals surface area (Å²) in [5.41, 5.74) is -4.37. The topological polar surface area (TPSA) is 155 Å². The summed E-state index contributed by atoms with van der Waals surface area (Å²) in [5.74, 6) is -4.81. The van der Waals surface area contributed by atoms with E-state index < -0.39 is 88.3 Å². The van der Waals surface area contributed by atoms with Crippen molar-refractivity contribution in [2.75, 3.05) is 0 Å². The fourth-order valence-corrected chi connectivity index (χ4v) is 8.71. The zero-order valence-electron chi connectivity index (χ0n) is 27.2. The maximum atomic E-state index is 13.7. The largest absolute Gasteiger partial charge is 0.462 e. The molecule has 1 aromatic carbocycles. The molecule has 1 spiro atoms. The number of hydrogen-bond donors (Lipinski definition) is 1. The molecule has 10 atom stereocenters. The molecule has 11 heteroatoms. The number of Topliss-reactive ketones (excluding diaryl/α,β-unsaturated/α-hetero) is 1. The minimum atomic E-state index is -1.58. The van der Waals surface area contributed by atoms with Gasteiger partial charge in [0.15, 0.2) is 11.4 Å². The van der Waals surface area contributed by atoms with Crippen LogP contribution in [0, 0.1) is 22.7 Å². The van der Waals surface area contributed by atoms with Gasteiger partial charge in [-0.25, -0.2) is 4.79 Å². The van der Waals surface area contributed by atoms with Crippen LogP contribution in [0.1, 0.15) is 66.9 Å². The number of ketones is 1. The average Bonchev–Trinajstić information content (AvgIpc) is 3.64. The van der Waals surface area contributed by atoms with Crippen molar-refractivity contribution in [3.8, 4) is 0 Å². The van der Waals surface area contributed by atoms with E-state index in [0.717, 1.165) is 5.56 Å². The second kappa shape index (κ2) is 11.5. The molecule has 1 aromatic rings. The molecule has 3 aliphatic carbocycles. The highest BCUT2D eigenvalue weighted by atomic mass is 16.7. The lowest BCUT2D eigenvalue weighted by atomic mass is 9.45. The van der Waals surface area contributed by atoms with Gasteiger partial charge in [0.05, 0.1) is 5.41 Å². The number of aliphatic hydroxyl groups excluding tert-OH is 1. The van der Waals surface area contributed by atoms with Crippen LogP contribution in [0.3, 0.4) is 0 Å². The summed E-state index contributed by atoms with van der Waals surface area (Å²) in [6.07, 6.45) is -3.58. The molecule has 248 valence electrons. The number of benzene rings is 1. The lowest BCUT2D eigenvalue weighted by molar-refractivity contribution is -0.246. The Morgan fingerprint density at radius 1 is 0.935 bits per heavy atom. The molecule has 46 heavy (non-hydrogen) atoms. The molecule has 0 aromatic heterocycles. The van der Waals surface area contributed by atoms with E-state index in [1.807, 2.05) is 44.2 Å². The molecule has 0 amide bonds. The third kappa shape index (κ3) is 4.99. The summed E-state index contributed by atoms with van der Waals surface area (Å²) in [6.45, 7) is 14.9. The highest BCUT2D eigenvalue weighted by Gasteiger charge is 2.87. The number of ether oxygens (including phenoxy) is 5. The van der Waals surface area contributed by atoms with E-state index in [9.17, 15) is 29.1 Å². The Bertz CT molecular complexity index is 1500. The minimum absolute atomic E-state index is 0.0590. The first-order valence-electron chi connectivity index (χ1n) is 15.5. The van der Waals surface area contributed by atoms with E-state index in [1.165, 1.54) is 26.8 Å². The molecule has 4 aliphatic rings. The summed E-state index contributed by atoms with van der Waals surface area (Å²) in [5, 5.41) is 12.3. The molecule has 11 nitrogen and oxygen atoms in total. The van der Waals surface area contributed by atoms with Gasteiger partial charge in [0.2, 0.25) is 0 Å². The first-order valence-corrected chi connectivity index (χ1v) is 15.5. The van der Waals surface area contributed by atoms with Crippen molar-refractivity contribution in [2.24, 2.45) is 22.7 Å². The molecule has 1 saturated heterocycles. The van der Waals surface area contributed by atoms with Gasteiger partial charge < -0.3 is 28.8 Å². The Hall–Kier alpha value is -3.83. The molecular formula is C35H42O11. The maximum Gasteiger partial charge on any atom is 0.331 e. The molecule has 2 bridgehead atoms. The van der Waals surface area contributed by atoms with Crippen LogP contribution >= 0.6 is 0 Å². The monoisotopic (exact) mass is 638 g/mol. The maximum absolute atomic E-state index is 13.7. The van der Waals surface area contributed by atoms with E-state index in [2.05, 4.69) is 6.58 Å². The van der Waals surface area contributed by atoms with Gasteiger partial charge in [-0.15, -0.1) is 0 Å². The predicted octanol–water partition coefficient (Wildman–Crippen LogP) is 3.51. The second-order valence-electron chi connectivity index (χ2n) is 13.8. The fourth-order valence-electron chi connectivity index (χ4n) is 8.71. The predicted molar refractivity (Wildman–Crippen MR) is 162 cm³/mol. The van der Waals surface area contributed by atoms with Crippen molar-refractivity contribution >= 4 is 35.7 Å². The molecular weight excluding hydrogens is 596 g/mol. The quantitative estimate of drug-likeness (QED) is 0.160. The van der Waals surface area contributed by atoms with E-state index in [4.69, 9.17) is 23.7 Å². The number of carbonyl (C=O) groups is 5. The van der Waals surface area contributed by atoms with E-state index >= 15 is 0 Å². The van der Waals surface area contributed by atoms with Crippen LogP contribution in [0.2, 0.25) is 0 Å². The van der Waals surface area contributed by atoms with Gasteiger partial charge in [0.25, 0.3) is 0 Å². The highest BCUT2D eigenvalue weighted by molar-refractivity contribution is 5.94. The first-order chi connectivity index (χ1) is 21.4. The van der Waals surface area contributed by atoms with Crippen LogP contribution < -0.4 is 0 Å². The second-order valence-corrected chi connectivity index (χ2v) is 13.8. The molecule has 3 saturated carbocycles. The Kier molecular flexibility index (Phi) is 8.35. The fraction of sp³-hybridized carbons (Fsp3) is 0.571. The molecule has 1 aliphatic heterocycles. The summed E-state index contributed by atoms with van der Waals surface area (Å²) in [7, 11) is 0. The van der Waals surface area contributed by atoms with Gasteiger partial charge >= 0.3 is 23.9 Å². The van der Waals surface area contributed by atoms with Crippen molar-refractivity contribution in [3.63, 3.8) is 0 Å². The van der Waals surface area contributed by atoms with Crippen LogP contribution in [0.5, 0.6) is 0 Å². The Morgan fingerprint density at radius 3 is 2.13 bits per heavy atom. The molecule has 5 rings (SSSR count). The number of rotatable bonds is 6. The Labute approximate surface area is 268 Å². The van der Waals surface area contributed by atoms with E-state index in [0.29, 0.717) is 5.57 Å². The highest BCUT2D eigenvalue weighted by Crippen LogP contribution is 2.72. The normalized spacial score (nSPS) is 39.2. The van der Waals surface area contributed by atoms with Crippen LogP contribution in [0.4, 0.5) is 0 Å². The van der Waals surface area contributed by atoms with Gasteiger partial charge in [0.1, 0.15) is 36.1 Å². The average molecular weight is 639 g/mol. The van der Waals surface area contributed by atoms with Gasteiger partial charge in [-0.05, 0) is 24.1 Å². The number of fused-ring (bicyclic) bond motifs is 2. The lowest BCUT2D eigenvalue weighted by Gasteiger charge is -2.61. The third-order valence-electron chi connectivity index (χ3n) is 10.9. The summed E-state index contributed by atoms with van der Waals surface area (Å²) in [4.78, 5) is 64.9. The summed E-state index contributed by atoms with van der Waals surface area (Å²) >= 11 is 0. The van der Waals surface area contributed by atoms with Crippen molar-refractivity contribution in [1.29, 1.82) is 0 Å². The number of carbonyl (C=O) groups excluding carboxylic acids is 5. The molecule has 1 N–H and O–H groups in total. The van der Waals surface area contributed by atoms with Crippen molar-refractivity contribution in [2.45, 2.75) is 103 Å². The van der Waals surface area contributed by atoms with E-state index in [-0.39, 0.29) is 18.6 Å². The zero-order valence-corrected chi connectivity index (χ0v) is 27.2. The van der Waals surface area contributed by atoms with Gasteiger partial charge in [-0.3, -0.25) is 19.2 Å². The summed E-state index contributed by atoms with van der Waals surface area (Å²) < 4.78 is 30.0. The lowest BCUT2D eigenvalue weighted by Crippen LogP contribution is -2.73.